The summed E-state index contributed by atoms with van der Waals surface area (Å²) in [6, 6.07) is 0. The van der Waals surface area contributed by atoms with Gasteiger partial charge in [0.25, 0.3) is 0 Å². The maximum absolute atomic E-state index is 10.1. The molecule has 3 nitrogen and oxygen atoms in total. The Bertz CT molecular complexity index is 272. The molecule has 0 radical (unpaired) electrons. The summed E-state index contributed by atoms with van der Waals surface area (Å²) in [5.74, 6) is 0.136. The van der Waals surface area contributed by atoms with Gasteiger partial charge in [0.15, 0.2) is 0 Å². The van der Waals surface area contributed by atoms with Crippen molar-refractivity contribution < 1.29 is 14.7 Å². The molecule has 0 heterocycles. The first-order valence-corrected chi connectivity index (χ1v) is 10.2. The number of aldehydes is 1. The molecule has 0 spiro atoms. The molecule has 0 aromatic rings. The molecule has 0 amide bonds. The van der Waals surface area contributed by atoms with Crippen LogP contribution in [-0.2, 0) is 9.59 Å². The number of unbranched alkanes of at least 4 members (excludes halogenated alkanes) is 12. The molecule has 0 unspecified atom stereocenters. The molecule has 0 bridgehead atoms. The molecular weight excluding hydrogens is 346 g/mol. The van der Waals surface area contributed by atoms with Crippen LogP contribution in [0.15, 0.2) is 0 Å². The summed E-state index contributed by atoms with van der Waals surface area (Å²) in [5, 5.41) is 7.72. The molecule has 0 aromatic heterocycles. The van der Waals surface area contributed by atoms with Crippen molar-refractivity contribution in [2.75, 3.05) is 0 Å². The van der Waals surface area contributed by atoms with Crippen LogP contribution in [0.3, 0.4) is 0 Å². The van der Waals surface area contributed by atoms with E-state index in [9.17, 15) is 9.59 Å². The Hall–Kier alpha value is 1.14. The molecule has 0 aliphatic heterocycles. The fourth-order valence-electron chi connectivity index (χ4n) is 2.55. The van der Waals surface area contributed by atoms with Gasteiger partial charge in [-0.3, -0.25) is 4.79 Å². The molecule has 5 heteroatoms. The summed E-state index contributed by atoms with van der Waals surface area (Å²) in [7, 11) is 0. The number of aliphatic carboxylic acids is 1. The second-order valence-corrected chi connectivity index (χ2v) is 7.13. The van der Waals surface area contributed by atoms with Crippen LogP contribution in [-0.4, -0.2) is 76.5 Å². The molecule has 1 N–H and O–H groups in total. The molecule has 148 valence electrons. The van der Waals surface area contributed by atoms with Crippen molar-refractivity contribution in [1.29, 1.82) is 0 Å². The zero-order valence-corrected chi connectivity index (χ0v) is 16.5. The molecule has 0 fully saturated rings. The molecule has 0 aliphatic carbocycles. The topological polar surface area (TPSA) is 54.4 Å². The van der Waals surface area contributed by atoms with Crippen LogP contribution < -0.4 is 0 Å². The van der Waals surface area contributed by atoms with Crippen molar-refractivity contribution in [3.8, 4) is 0 Å². The van der Waals surface area contributed by atoms with Gasteiger partial charge in [0.05, 0.1) is 0 Å². The van der Waals surface area contributed by atoms with Crippen LogP contribution in [0.1, 0.15) is 117 Å². The molecule has 0 saturated heterocycles. The van der Waals surface area contributed by atoms with Gasteiger partial charge in [-0.25, -0.2) is 0 Å². The number of hydrogen-bond donors (Lipinski definition) is 1. The van der Waals surface area contributed by atoms with E-state index in [0.29, 0.717) is 0 Å². The van der Waals surface area contributed by atoms with Crippen molar-refractivity contribution in [3.63, 3.8) is 0 Å². The van der Waals surface area contributed by atoms with E-state index >= 15 is 0 Å². The zero-order valence-electron chi connectivity index (χ0n) is 16.5. The number of carboxylic acids is 1. The quantitative estimate of drug-likeness (QED) is 0.215. The van der Waals surface area contributed by atoms with Gasteiger partial charge >= 0.3 is 65.1 Å². The van der Waals surface area contributed by atoms with E-state index in [4.69, 9.17) is 5.11 Å². The summed E-state index contributed by atoms with van der Waals surface area (Å²) in [5.41, 5.74) is 0. The standard InChI is InChI=1S/C18H36O.C3H6O2.2Na.2H/c1-18(2)16-14-12-10-8-6-4-3-5-7-9-11-13-15-17-19;1-2-3(4)5;;;;/h17-18H,3-16H2,1-2H3;2H2,1H3,(H,4,5);;;;. The third-order valence-electron chi connectivity index (χ3n) is 4.16. The Kier molecular flexibility index (Phi) is 41.1. The van der Waals surface area contributed by atoms with Crippen LogP contribution in [0.5, 0.6) is 0 Å². The van der Waals surface area contributed by atoms with E-state index < -0.39 is 5.97 Å². The van der Waals surface area contributed by atoms with Crippen LogP contribution in [0.2, 0.25) is 0 Å². The fourth-order valence-corrected chi connectivity index (χ4v) is 2.55. The Labute approximate surface area is 207 Å². The average molecular weight is 391 g/mol. The second kappa shape index (κ2) is 30.9. The van der Waals surface area contributed by atoms with Crippen LogP contribution in [0.4, 0.5) is 0 Å². The van der Waals surface area contributed by atoms with E-state index in [2.05, 4.69) is 13.8 Å². The summed E-state index contributed by atoms with van der Waals surface area (Å²) < 4.78 is 0. The van der Waals surface area contributed by atoms with Gasteiger partial charge in [-0.2, -0.15) is 0 Å². The monoisotopic (exact) mass is 390 g/mol. The molecule has 0 saturated carbocycles. The first-order valence-electron chi connectivity index (χ1n) is 10.2. The number of hydrogen-bond acceptors (Lipinski definition) is 2. The Morgan fingerprint density at radius 1 is 0.769 bits per heavy atom. The molecule has 0 aromatic carbocycles. The SMILES string of the molecule is CC(C)CCCCCCCCCCCCCCC=O.CCC(=O)O.[NaH].[NaH]. The minimum atomic E-state index is -0.745. The Morgan fingerprint density at radius 3 is 1.35 bits per heavy atom. The predicted molar refractivity (Wildman–Crippen MR) is 118 cm³/mol. The Balaban J connectivity index is -0.000000304. The minimum absolute atomic E-state index is 0. The van der Waals surface area contributed by atoms with Crippen molar-refractivity contribution in [3.05, 3.63) is 0 Å². The van der Waals surface area contributed by atoms with Crippen molar-refractivity contribution in [1.82, 2.24) is 0 Å². The summed E-state index contributed by atoms with van der Waals surface area (Å²) >= 11 is 0. The summed E-state index contributed by atoms with van der Waals surface area (Å²) in [6.07, 6.45) is 19.9. The predicted octanol–water partition coefficient (Wildman–Crippen LogP) is 5.49. The van der Waals surface area contributed by atoms with Crippen molar-refractivity contribution in [2.45, 2.75) is 117 Å². The fraction of sp³-hybridized carbons (Fsp3) is 0.905. The van der Waals surface area contributed by atoms with E-state index in [0.717, 1.165) is 25.0 Å². The molecule has 0 atom stereocenters. The van der Waals surface area contributed by atoms with E-state index in [1.165, 1.54) is 77.0 Å². The van der Waals surface area contributed by atoms with E-state index in [1.807, 2.05) is 0 Å². The second-order valence-electron chi connectivity index (χ2n) is 7.13. The maximum atomic E-state index is 10.1. The van der Waals surface area contributed by atoms with Gasteiger partial charge in [-0.15, -0.1) is 0 Å². The van der Waals surface area contributed by atoms with Gasteiger partial charge in [-0.1, -0.05) is 97.8 Å². The number of rotatable bonds is 16. The Morgan fingerprint density at radius 2 is 1.08 bits per heavy atom. The van der Waals surface area contributed by atoms with Gasteiger partial charge in [0.2, 0.25) is 0 Å². The van der Waals surface area contributed by atoms with E-state index in [-0.39, 0.29) is 65.5 Å². The molecule has 0 aliphatic rings. The van der Waals surface area contributed by atoms with Gasteiger partial charge in [0, 0.05) is 12.8 Å². The number of carbonyl (C=O) groups excluding carboxylic acids is 1. The first-order chi connectivity index (χ1) is 11.5. The number of carboxylic acid groups (broad SMARTS) is 1. The number of carbonyl (C=O) groups is 2. The molecular formula is C21H44Na2O3. The average Bonchev–Trinajstić information content (AvgIpc) is 2.55. The van der Waals surface area contributed by atoms with Crippen LogP contribution >= 0.6 is 0 Å². The third kappa shape index (κ3) is 40.0. The molecule has 26 heavy (non-hydrogen) atoms. The van der Waals surface area contributed by atoms with Gasteiger partial charge in [-0.05, 0) is 12.3 Å². The normalized spacial score (nSPS) is 9.54. The van der Waals surface area contributed by atoms with Gasteiger partial charge in [0.1, 0.15) is 6.29 Å². The summed E-state index contributed by atoms with van der Waals surface area (Å²) in [4.78, 5) is 19.5. The van der Waals surface area contributed by atoms with Crippen molar-refractivity contribution in [2.24, 2.45) is 5.92 Å². The van der Waals surface area contributed by atoms with E-state index in [1.54, 1.807) is 6.92 Å². The molecule has 0 rings (SSSR count). The van der Waals surface area contributed by atoms with Crippen LogP contribution in [0, 0.1) is 5.92 Å². The third-order valence-corrected chi connectivity index (χ3v) is 4.16. The van der Waals surface area contributed by atoms with Gasteiger partial charge < -0.3 is 9.90 Å². The van der Waals surface area contributed by atoms with Crippen LogP contribution in [0.25, 0.3) is 0 Å². The van der Waals surface area contributed by atoms with Crippen molar-refractivity contribution >= 4 is 71.4 Å². The first kappa shape index (κ1) is 34.6. The zero-order chi connectivity index (χ0) is 18.5. The summed E-state index contributed by atoms with van der Waals surface area (Å²) in [6.45, 7) is 6.24.